The molecule has 0 heterocycles. The normalized spacial score (nSPS) is 14.0. The van der Waals surface area contributed by atoms with Gasteiger partial charge in [-0.15, -0.1) is 0 Å². The van der Waals surface area contributed by atoms with E-state index in [1.807, 2.05) is 6.08 Å². The van der Waals surface area contributed by atoms with Crippen molar-refractivity contribution in [3.8, 4) is 0 Å². The van der Waals surface area contributed by atoms with Gasteiger partial charge >= 0.3 is 0 Å². The second kappa shape index (κ2) is 58.6. The average Bonchev–Trinajstić information content (AvgIpc) is 3.35. The van der Waals surface area contributed by atoms with Crippen molar-refractivity contribution < 1.29 is 15.0 Å². The van der Waals surface area contributed by atoms with Crippen molar-refractivity contribution in [1.82, 2.24) is 5.32 Å². The Hall–Kier alpha value is -3.73. The molecule has 0 aromatic carbocycles. The molecule has 1 amide bonds. The largest absolute Gasteiger partial charge is 0.394 e. The number of rotatable bonds is 50. The van der Waals surface area contributed by atoms with Crippen LogP contribution in [-0.4, -0.2) is 34.9 Å². The minimum Gasteiger partial charge on any atom is -0.394 e. The Morgan fingerprint density at radius 1 is 0.362 bits per heavy atom. The van der Waals surface area contributed by atoms with E-state index in [-0.39, 0.29) is 12.5 Å². The molecule has 0 aliphatic heterocycles. The van der Waals surface area contributed by atoms with E-state index in [9.17, 15) is 15.0 Å². The van der Waals surface area contributed by atoms with E-state index < -0.39 is 12.1 Å². The van der Waals surface area contributed by atoms with Crippen LogP contribution in [0.1, 0.15) is 239 Å². The lowest BCUT2D eigenvalue weighted by molar-refractivity contribution is -0.123. The maximum Gasteiger partial charge on any atom is 0.220 e. The summed E-state index contributed by atoms with van der Waals surface area (Å²) in [5, 5.41) is 23.1. The smallest absolute Gasteiger partial charge is 0.220 e. The molecule has 0 aromatic rings. The number of carbonyl (C=O) groups is 1. The van der Waals surface area contributed by atoms with Crippen molar-refractivity contribution in [2.75, 3.05) is 6.61 Å². The van der Waals surface area contributed by atoms with Gasteiger partial charge in [-0.05, 0) is 109 Å². The maximum atomic E-state index is 12.5. The van der Waals surface area contributed by atoms with Gasteiger partial charge in [0.05, 0.1) is 18.8 Å². The summed E-state index contributed by atoms with van der Waals surface area (Å²) in [5.74, 6) is -0.103. The highest BCUT2D eigenvalue weighted by Gasteiger charge is 2.17. The van der Waals surface area contributed by atoms with Gasteiger partial charge in [0.15, 0.2) is 0 Å². The number of aliphatic hydroxyl groups excluding tert-OH is 2. The van der Waals surface area contributed by atoms with Crippen molar-refractivity contribution in [3.63, 3.8) is 0 Å². The molecule has 0 bridgehead atoms. The van der Waals surface area contributed by atoms with E-state index in [1.54, 1.807) is 6.08 Å². The van der Waals surface area contributed by atoms with Gasteiger partial charge in [0.2, 0.25) is 5.91 Å². The molecule has 2 atom stereocenters. The van der Waals surface area contributed by atoms with Crippen molar-refractivity contribution in [2.24, 2.45) is 0 Å². The Bertz CT molecular complexity index is 1450. The molecular weight excluding hydrogens is 843 g/mol. The van der Waals surface area contributed by atoms with Crippen molar-refractivity contribution in [2.45, 2.75) is 251 Å². The zero-order valence-electron chi connectivity index (χ0n) is 44.8. The number of carbonyl (C=O) groups excluding carboxylic acids is 1. The van der Waals surface area contributed by atoms with Crippen LogP contribution in [-0.2, 0) is 4.79 Å². The second-order valence-corrected chi connectivity index (χ2v) is 18.6. The van der Waals surface area contributed by atoms with E-state index in [2.05, 4.69) is 153 Å². The van der Waals surface area contributed by atoms with Crippen LogP contribution in [0.25, 0.3) is 0 Å². The standard InChI is InChI=1S/C65H107NO3/c1-3-5-7-9-11-13-15-17-19-21-23-25-27-28-29-30-31-32-33-34-35-36-37-38-39-41-43-45-47-49-51-53-55-57-59-61-65(69)66-63(62-67)64(68)60-58-56-54-52-50-48-46-44-42-40-26-24-22-20-18-16-14-12-10-8-6-4-2/h5,7,11,13,17,19,23,25,28-29,31-32,34-35,37-38,41,43,47,49-50,52,58,60,63-64,67-68H,3-4,6,8-10,12,14-16,18,20-22,24,26-27,30,33,36,39-40,42,44-46,48,51,53-57,59,61-62H2,1-2H3,(H,66,69)/b7-5-,13-11-,19-17-,25-23-,29-28-,32-31-,35-34-,38-37-,43-41-,49-47-,52-50+,60-58+. The van der Waals surface area contributed by atoms with Crippen LogP contribution in [0, 0.1) is 0 Å². The first-order valence-electron chi connectivity index (χ1n) is 28.5. The first-order valence-corrected chi connectivity index (χ1v) is 28.5. The summed E-state index contributed by atoms with van der Waals surface area (Å²) in [5.41, 5.74) is 0. The van der Waals surface area contributed by atoms with E-state index in [0.717, 1.165) is 116 Å². The van der Waals surface area contributed by atoms with Crippen LogP contribution in [0.2, 0.25) is 0 Å². The van der Waals surface area contributed by atoms with Crippen molar-refractivity contribution in [3.05, 3.63) is 146 Å². The van der Waals surface area contributed by atoms with Crippen molar-refractivity contribution in [1.29, 1.82) is 0 Å². The number of nitrogens with one attached hydrogen (secondary N) is 1. The number of hydrogen-bond donors (Lipinski definition) is 3. The zero-order valence-corrected chi connectivity index (χ0v) is 44.8. The zero-order chi connectivity index (χ0) is 49.9. The maximum absolute atomic E-state index is 12.5. The van der Waals surface area contributed by atoms with Gasteiger partial charge in [-0.25, -0.2) is 0 Å². The summed E-state index contributed by atoms with van der Waals surface area (Å²) in [6.45, 7) is 4.17. The minimum atomic E-state index is -0.885. The predicted molar refractivity (Wildman–Crippen MR) is 308 cm³/mol. The lowest BCUT2D eigenvalue weighted by Crippen LogP contribution is -2.45. The third-order valence-corrected chi connectivity index (χ3v) is 12.1. The molecule has 4 heteroatoms. The molecule has 390 valence electrons. The van der Waals surface area contributed by atoms with Gasteiger partial charge < -0.3 is 15.5 Å². The topological polar surface area (TPSA) is 69.6 Å². The molecule has 0 aliphatic carbocycles. The van der Waals surface area contributed by atoms with E-state index in [1.165, 1.54) is 103 Å². The molecule has 2 unspecified atom stereocenters. The summed E-state index contributed by atoms with van der Waals surface area (Å²) >= 11 is 0. The number of hydrogen-bond acceptors (Lipinski definition) is 3. The lowest BCUT2D eigenvalue weighted by Gasteiger charge is -2.19. The van der Waals surface area contributed by atoms with Gasteiger partial charge in [-0.3, -0.25) is 4.79 Å². The minimum absolute atomic E-state index is 0.103. The fourth-order valence-electron chi connectivity index (χ4n) is 7.75. The Morgan fingerprint density at radius 3 is 1.01 bits per heavy atom. The summed E-state index contributed by atoms with van der Waals surface area (Å²) in [6, 6.07) is -0.665. The van der Waals surface area contributed by atoms with E-state index in [4.69, 9.17) is 0 Å². The number of unbranched alkanes of at least 4 members (excludes halogenated alkanes) is 21. The lowest BCUT2D eigenvalue weighted by atomic mass is 10.0. The van der Waals surface area contributed by atoms with E-state index in [0.29, 0.717) is 6.42 Å². The molecule has 4 nitrogen and oxygen atoms in total. The molecule has 69 heavy (non-hydrogen) atoms. The Labute approximate surface area is 427 Å². The highest BCUT2D eigenvalue weighted by Crippen LogP contribution is 2.15. The van der Waals surface area contributed by atoms with Gasteiger partial charge in [0.1, 0.15) is 0 Å². The van der Waals surface area contributed by atoms with Gasteiger partial charge in [0.25, 0.3) is 0 Å². The Balaban J connectivity index is 3.71. The van der Waals surface area contributed by atoms with Crippen LogP contribution >= 0.6 is 0 Å². The number of amides is 1. The summed E-state index contributed by atoms with van der Waals surface area (Å²) in [6.07, 6.45) is 92.8. The van der Waals surface area contributed by atoms with Gasteiger partial charge in [-0.1, -0.05) is 269 Å². The van der Waals surface area contributed by atoms with Gasteiger partial charge in [-0.2, -0.15) is 0 Å². The molecule has 3 N–H and O–H groups in total. The quantitative estimate of drug-likeness (QED) is 0.0420. The fourth-order valence-corrected chi connectivity index (χ4v) is 7.75. The number of allylic oxidation sites excluding steroid dienone is 23. The molecule has 0 fully saturated rings. The summed E-state index contributed by atoms with van der Waals surface area (Å²) < 4.78 is 0. The van der Waals surface area contributed by atoms with Crippen LogP contribution < -0.4 is 5.32 Å². The molecule has 0 aliphatic rings. The first-order chi connectivity index (χ1) is 34.2. The predicted octanol–water partition coefficient (Wildman–Crippen LogP) is 19.2. The highest BCUT2D eigenvalue weighted by atomic mass is 16.3. The fraction of sp³-hybridized carbons (Fsp3) is 0.615. The summed E-state index contributed by atoms with van der Waals surface area (Å²) in [4.78, 5) is 12.5. The van der Waals surface area contributed by atoms with Crippen LogP contribution in [0.3, 0.4) is 0 Å². The monoisotopic (exact) mass is 950 g/mol. The Morgan fingerprint density at radius 2 is 0.652 bits per heavy atom. The third kappa shape index (κ3) is 55.1. The highest BCUT2D eigenvalue weighted by molar-refractivity contribution is 5.76. The molecule has 0 rings (SSSR count). The van der Waals surface area contributed by atoms with Crippen LogP contribution in [0.15, 0.2) is 146 Å². The molecule has 0 aromatic heterocycles. The second-order valence-electron chi connectivity index (χ2n) is 18.6. The van der Waals surface area contributed by atoms with Gasteiger partial charge in [0, 0.05) is 6.42 Å². The molecule has 0 radical (unpaired) electrons. The summed E-state index contributed by atoms with van der Waals surface area (Å²) in [7, 11) is 0. The van der Waals surface area contributed by atoms with E-state index >= 15 is 0 Å². The SMILES string of the molecule is CC/C=C\C/C=C\C/C=C\C/C=C\C/C=C\C/C=C\C/C=C\C/C=C\C/C=C\C/C=C\CCCCCCC(=O)NC(CO)C(O)/C=C/CC/C=C/CCCCCCCCCCCCCCCCCC. The molecule has 0 spiro atoms. The molecular formula is C65H107NO3. The first kappa shape index (κ1) is 65.3. The van der Waals surface area contributed by atoms with Crippen LogP contribution in [0.4, 0.5) is 0 Å². The Kier molecular flexibility index (Phi) is 55.4. The van der Waals surface area contributed by atoms with Crippen molar-refractivity contribution >= 4 is 5.91 Å². The molecule has 0 saturated carbocycles. The molecule has 0 saturated heterocycles. The van der Waals surface area contributed by atoms with Crippen LogP contribution in [0.5, 0.6) is 0 Å². The number of aliphatic hydroxyl groups is 2. The average molecular weight is 951 g/mol. The third-order valence-electron chi connectivity index (χ3n) is 12.1.